The topological polar surface area (TPSA) is 53.6 Å². The molecule has 2 N–H and O–H groups in total. The van der Waals surface area contributed by atoms with Crippen molar-refractivity contribution in [3.63, 3.8) is 0 Å². The summed E-state index contributed by atoms with van der Waals surface area (Å²) in [7, 11) is 0. The van der Waals surface area contributed by atoms with E-state index in [1.807, 2.05) is 0 Å². The summed E-state index contributed by atoms with van der Waals surface area (Å²) in [5, 5.41) is 6.75. The number of nitrogens with one attached hydrogen (secondary N) is 2. The molecule has 0 aromatic heterocycles. The standard InChI is InChI=1S/C18H33N3O2.2ClH/c1-13(2)11-21-5-6-23-17(12-21)10-19-18(22)9-14-7-15-3-4-16(8-14)20-15;;/h13-17,20H,3-12H2,1-2H3,(H,19,22);2*1H. The third-order valence-corrected chi connectivity index (χ3v) is 5.42. The van der Waals surface area contributed by atoms with Gasteiger partial charge in [-0.25, -0.2) is 0 Å². The van der Waals surface area contributed by atoms with Crippen LogP contribution in [0.1, 0.15) is 46.0 Å². The molecule has 7 heteroatoms. The first-order valence-corrected chi connectivity index (χ1v) is 9.45. The molecule has 5 nitrogen and oxygen atoms in total. The molecule has 0 aliphatic carbocycles. The second-order valence-electron chi connectivity index (χ2n) is 8.13. The number of hydrogen-bond acceptors (Lipinski definition) is 4. The number of morpholine rings is 1. The Morgan fingerprint density at radius 2 is 1.92 bits per heavy atom. The third-order valence-electron chi connectivity index (χ3n) is 5.42. The van der Waals surface area contributed by atoms with Gasteiger partial charge in [-0.1, -0.05) is 13.8 Å². The van der Waals surface area contributed by atoms with Gasteiger partial charge in [-0.15, -0.1) is 24.8 Å². The smallest absolute Gasteiger partial charge is 0.220 e. The van der Waals surface area contributed by atoms with E-state index in [0.29, 0.717) is 36.9 Å². The lowest BCUT2D eigenvalue weighted by Crippen LogP contribution is -2.48. The minimum absolute atomic E-state index is 0. The van der Waals surface area contributed by atoms with Gasteiger partial charge in [-0.3, -0.25) is 9.69 Å². The van der Waals surface area contributed by atoms with Crippen LogP contribution in [0, 0.1) is 11.8 Å². The quantitative estimate of drug-likeness (QED) is 0.723. The molecule has 3 aliphatic heterocycles. The average molecular weight is 396 g/mol. The SMILES string of the molecule is CC(C)CN1CCOC(CNC(=O)CC2CC3CCC(C2)N3)C1.Cl.Cl. The van der Waals surface area contributed by atoms with Gasteiger partial charge in [0.1, 0.15) is 0 Å². The van der Waals surface area contributed by atoms with Gasteiger partial charge in [0.25, 0.3) is 0 Å². The van der Waals surface area contributed by atoms with Gasteiger partial charge in [0.05, 0.1) is 12.7 Å². The molecule has 3 rings (SSSR count). The number of carbonyl (C=O) groups is 1. The number of piperidine rings is 1. The number of halogens is 2. The zero-order chi connectivity index (χ0) is 16.2. The summed E-state index contributed by atoms with van der Waals surface area (Å²) in [6, 6.07) is 1.33. The van der Waals surface area contributed by atoms with Crippen LogP contribution in [0.4, 0.5) is 0 Å². The summed E-state index contributed by atoms with van der Waals surface area (Å²) in [5.41, 5.74) is 0. The van der Waals surface area contributed by atoms with Gasteiger partial charge < -0.3 is 15.4 Å². The van der Waals surface area contributed by atoms with Crippen molar-refractivity contribution < 1.29 is 9.53 Å². The van der Waals surface area contributed by atoms with Gasteiger partial charge >= 0.3 is 0 Å². The van der Waals surface area contributed by atoms with Crippen LogP contribution in [0.25, 0.3) is 0 Å². The van der Waals surface area contributed by atoms with E-state index in [2.05, 4.69) is 29.4 Å². The van der Waals surface area contributed by atoms with Crippen LogP contribution in [0.5, 0.6) is 0 Å². The van der Waals surface area contributed by atoms with Crippen LogP contribution in [-0.2, 0) is 9.53 Å². The van der Waals surface area contributed by atoms with Crippen molar-refractivity contribution in [3.8, 4) is 0 Å². The zero-order valence-corrected chi connectivity index (χ0v) is 17.2. The van der Waals surface area contributed by atoms with Crippen LogP contribution in [-0.4, -0.2) is 61.8 Å². The second-order valence-corrected chi connectivity index (χ2v) is 8.13. The first-order chi connectivity index (χ1) is 11.1. The Morgan fingerprint density at radius 1 is 1.24 bits per heavy atom. The molecule has 3 heterocycles. The highest BCUT2D eigenvalue weighted by atomic mass is 35.5. The van der Waals surface area contributed by atoms with E-state index in [-0.39, 0.29) is 36.8 Å². The van der Waals surface area contributed by atoms with E-state index in [4.69, 9.17) is 4.74 Å². The molecular formula is C18H35Cl2N3O2. The first-order valence-electron chi connectivity index (χ1n) is 9.45. The van der Waals surface area contributed by atoms with Crippen molar-refractivity contribution in [2.75, 3.05) is 32.8 Å². The number of carbonyl (C=O) groups excluding carboxylic acids is 1. The molecule has 2 bridgehead atoms. The predicted octanol–water partition coefficient (Wildman–Crippen LogP) is 2.22. The van der Waals surface area contributed by atoms with Crippen LogP contribution in [0.3, 0.4) is 0 Å². The zero-order valence-electron chi connectivity index (χ0n) is 15.5. The summed E-state index contributed by atoms with van der Waals surface area (Å²) < 4.78 is 5.81. The van der Waals surface area contributed by atoms with Crippen LogP contribution < -0.4 is 10.6 Å². The maximum absolute atomic E-state index is 12.2. The number of hydrogen-bond donors (Lipinski definition) is 2. The molecule has 3 aliphatic rings. The van der Waals surface area contributed by atoms with Crippen molar-refractivity contribution in [2.24, 2.45) is 11.8 Å². The molecule has 3 unspecified atom stereocenters. The summed E-state index contributed by atoms with van der Waals surface area (Å²) in [4.78, 5) is 14.7. The molecule has 0 saturated carbocycles. The number of rotatable bonds is 6. The average Bonchev–Trinajstić information content (AvgIpc) is 2.84. The lowest BCUT2D eigenvalue weighted by Gasteiger charge is -2.34. The fourth-order valence-electron chi connectivity index (χ4n) is 4.49. The molecule has 0 spiro atoms. The lowest BCUT2D eigenvalue weighted by molar-refractivity contribution is -0.123. The highest BCUT2D eigenvalue weighted by molar-refractivity contribution is 5.85. The van der Waals surface area contributed by atoms with E-state index in [1.54, 1.807) is 0 Å². The van der Waals surface area contributed by atoms with E-state index < -0.39 is 0 Å². The summed E-state index contributed by atoms with van der Waals surface area (Å²) >= 11 is 0. The Kier molecular flexibility index (Phi) is 10.0. The normalized spacial score (nSPS) is 32.0. The molecule has 0 radical (unpaired) electrons. The van der Waals surface area contributed by atoms with Gasteiger partial charge in [0.2, 0.25) is 5.91 Å². The summed E-state index contributed by atoms with van der Waals surface area (Å²) in [5.74, 6) is 1.46. The van der Waals surface area contributed by atoms with Gasteiger partial charge in [0.15, 0.2) is 0 Å². The highest BCUT2D eigenvalue weighted by Gasteiger charge is 2.34. The molecule has 25 heavy (non-hydrogen) atoms. The Balaban J connectivity index is 0.00000156. The lowest BCUT2D eigenvalue weighted by atomic mass is 9.89. The predicted molar refractivity (Wildman–Crippen MR) is 106 cm³/mol. The Morgan fingerprint density at radius 3 is 2.56 bits per heavy atom. The molecule has 0 aromatic carbocycles. The van der Waals surface area contributed by atoms with Gasteiger partial charge in [-0.05, 0) is 37.5 Å². The minimum atomic E-state index is 0. The molecule has 1 amide bonds. The van der Waals surface area contributed by atoms with Crippen molar-refractivity contribution >= 4 is 30.7 Å². The molecule has 0 aromatic rings. The van der Waals surface area contributed by atoms with E-state index in [9.17, 15) is 4.79 Å². The molecule has 3 atom stereocenters. The maximum Gasteiger partial charge on any atom is 0.220 e. The number of fused-ring (bicyclic) bond motifs is 2. The number of ether oxygens (including phenoxy) is 1. The van der Waals surface area contributed by atoms with E-state index in [0.717, 1.165) is 26.2 Å². The fraction of sp³-hybridized carbons (Fsp3) is 0.944. The van der Waals surface area contributed by atoms with Crippen molar-refractivity contribution in [1.29, 1.82) is 0 Å². The monoisotopic (exact) mass is 395 g/mol. The van der Waals surface area contributed by atoms with E-state index >= 15 is 0 Å². The maximum atomic E-state index is 12.2. The Bertz CT molecular complexity index is 400. The Labute approximate surface area is 164 Å². The number of nitrogens with zero attached hydrogens (tertiary/aromatic N) is 1. The summed E-state index contributed by atoms with van der Waals surface area (Å²) in [6.45, 7) is 9.01. The minimum Gasteiger partial charge on any atom is -0.374 e. The van der Waals surface area contributed by atoms with Crippen LogP contribution >= 0.6 is 24.8 Å². The summed E-state index contributed by atoms with van der Waals surface area (Å²) in [6.07, 6.45) is 5.78. The molecular weight excluding hydrogens is 361 g/mol. The Hall–Kier alpha value is -0.0700. The molecule has 148 valence electrons. The third kappa shape index (κ3) is 7.22. The second kappa shape index (κ2) is 10.9. The van der Waals surface area contributed by atoms with Crippen LogP contribution in [0.15, 0.2) is 0 Å². The van der Waals surface area contributed by atoms with Gasteiger partial charge in [-0.2, -0.15) is 0 Å². The fourth-order valence-corrected chi connectivity index (χ4v) is 4.49. The van der Waals surface area contributed by atoms with Gasteiger partial charge in [0, 0.05) is 44.7 Å². The van der Waals surface area contributed by atoms with Crippen molar-refractivity contribution in [3.05, 3.63) is 0 Å². The van der Waals surface area contributed by atoms with Crippen molar-refractivity contribution in [2.45, 2.75) is 64.1 Å². The van der Waals surface area contributed by atoms with Crippen LogP contribution in [0.2, 0.25) is 0 Å². The first kappa shape index (κ1) is 23.0. The number of amides is 1. The van der Waals surface area contributed by atoms with Crippen molar-refractivity contribution in [1.82, 2.24) is 15.5 Å². The largest absolute Gasteiger partial charge is 0.374 e. The molecule has 3 saturated heterocycles. The highest BCUT2D eigenvalue weighted by Crippen LogP contribution is 2.32. The van der Waals surface area contributed by atoms with E-state index in [1.165, 1.54) is 25.7 Å². The molecule has 3 fully saturated rings.